The summed E-state index contributed by atoms with van der Waals surface area (Å²) in [6.45, 7) is 2.43. The molecule has 0 heterocycles. The summed E-state index contributed by atoms with van der Waals surface area (Å²) in [6, 6.07) is 12.3. The Morgan fingerprint density at radius 1 is 1.03 bits per heavy atom. The van der Waals surface area contributed by atoms with Crippen LogP contribution in [0.15, 0.2) is 48.5 Å². The van der Waals surface area contributed by atoms with Crippen LogP contribution in [0.2, 0.25) is 0 Å². The highest BCUT2D eigenvalue weighted by atomic mass is 16.5. The molecule has 0 unspecified atom stereocenters. The van der Waals surface area contributed by atoms with E-state index in [0.29, 0.717) is 23.4 Å². The Hall–Kier alpha value is -3.28. The van der Waals surface area contributed by atoms with Gasteiger partial charge in [0, 0.05) is 23.9 Å². The van der Waals surface area contributed by atoms with Gasteiger partial charge in [0.2, 0.25) is 0 Å². The second kappa shape index (κ2) is 12.1. The Bertz CT molecular complexity index is 961. The highest BCUT2D eigenvalue weighted by Crippen LogP contribution is 2.29. The minimum absolute atomic E-state index is 0.0163. The zero-order valence-corrected chi connectivity index (χ0v) is 19.3. The lowest BCUT2D eigenvalue weighted by atomic mass is 9.85. The van der Waals surface area contributed by atoms with Gasteiger partial charge in [0.25, 0.3) is 0 Å². The second-order valence-corrected chi connectivity index (χ2v) is 8.67. The van der Waals surface area contributed by atoms with Gasteiger partial charge in [-0.3, -0.25) is 0 Å². The summed E-state index contributed by atoms with van der Waals surface area (Å²) in [5.74, 6) is 0.0438. The molecule has 1 aliphatic rings. The molecule has 6 nitrogen and oxygen atoms in total. The highest BCUT2D eigenvalue weighted by molar-refractivity contribution is 5.90. The Kier molecular flexibility index (Phi) is 8.93. The molecule has 6 heteroatoms. The summed E-state index contributed by atoms with van der Waals surface area (Å²) in [4.78, 5) is 24.4. The maximum atomic E-state index is 12.4. The third-order valence-corrected chi connectivity index (χ3v) is 6.11. The molecule has 0 bridgehead atoms. The van der Waals surface area contributed by atoms with E-state index < -0.39 is 5.97 Å². The molecule has 0 atom stereocenters. The summed E-state index contributed by atoms with van der Waals surface area (Å²) < 4.78 is 10.9. The van der Waals surface area contributed by atoms with E-state index in [0.717, 1.165) is 42.7 Å². The smallest absolute Gasteiger partial charge is 0.338 e. The molecule has 0 saturated heterocycles. The molecule has 4 N–H and O–H groups in total. The molecule has 2 aromatic rings. The molecule has 0 aliphatic heterocycles. The molecule has 0 aromatic heterocycles. The minimum atomic E-state index is -0.445. The summed E-state index contributed by atoms with van der Waals surface area (Å²) in [5.41, 5.74) is 15.1. The fraction of sp³-hybridized carbons (Fsp3) is 0.407. The van der Waals surface area contributed by atoms with Crippen LogP contribution in [0.4, 0.5) is 11.4 Å². The number of ether oxygens (including phenoxy) is 2. The number of anilines is 2. The number of hydrogen-bond acceptors (Lipinski definition) is 6. The number of benzene rings is 2. The Balaban J connectivity index is 1.42. The summed E-state index contributed by atoms with van der Waals surface area (Å²) in [7, 11) is 0. The number of rotatable bonds is 9. The van der Waals surface area contributed by atoms with Crippen LogP contribution >= 0.6 is 0 Å². The first-order valence-electron chi connectivity index (χ1n) is 11.7. The molecule has 3 rings (SSSR count). The van der Waals surface area contributed by atoms with Crippen LogP contribution < -0.4 is 11.5 Å². The molecule has 1 saturated carbocycles. The average molecular weight is 451 g/mol. The molecular formula is C27H34N2O4. The van der Waals surface area contributed by atoms with E-state index in [-0.39, 0.29) is 18.7 Å². The highest BCUT2D eigenvalue weighted by Gasteiger charge is 2.23. The van der Waals surface area contributed by atoms with E-state index in [1.807, 2.05) is 0 Å². The van der Waals surface area contributed by atoms with Crippen molar-refractivity contribution in [2.24, 2.45) is 5.92 Å². The normalized spacial score (nSPS) is 18.2. The molecule has 33 heavy (non-hydrogen) atoms. The largest absolute Gasteiger partial charge is 0.462 e. The van der Waals surface area contributed by atoms with Crippen LogP contribution in [0.1, 0.15) is 66.9 Å². The molecule has 176 valence electrons. The number of carbonyl (C=O) groups is 2. The quantitative estimate of drug-likeness (QED) is 0.310. The van der Waals surface area contributed by atoms with Gasteiger partial charge in [-0.1, -0.05) is 31.9 Å². The van der Waals surface area contributed by atoms with E-state index in [2.05, 4.69) is 6.92 Å². The second-order valence-electron chi connectivity index (χ2n) is 8.67. The molecule has 0 amide bonds. The molecule has 0 radical (unpaired) electrons. The van der Waals surface area contributed by atoms with Crippen LogP contribution in [0.25, 0.3) is 6.08 Å². The number of carbonyl (C=O) groups excluding carboxylic acids is 2. The summed E-state index contributed by atoms with van der Waals surface area (Å²) in [5, 5.41) is 0. The van der Waals surface area contributed by atoms with Crippen molar-refractivity contribution < 1.29 is 19.1 Å². The number of hydrogen-bond donors (Lipinski definition) is 2. The zero-order chi connectivity index (χ0) is 23.6. The van der Waals surface area contributed by atoms with Crippen molar-refractivity contribution in [2.75, 3.05) is 18.1 Å². The molecule has 1 fully saturated rings. The number of nitrogens with two attached hydrogens (primary N) is 2. The first-order chi connectivity index (χ1) is 15.9. The SMILES string of the molecule is CCCC1CCC(OC(=O)c2ccc(C=CC(=O)OCCc3cc(N)ccc3N)cc2)CC1. The summed E-state index contributed by atoms with van der Waals surface area (Å²) >= 11 is 0. The first kappa shape index (κ1) is 24.4. The maximum Gasteiger partial charge on any atom is 0.338 e. The Morgan fingerprint density at radius 3 is 2.45 bits per heavy atom. The van der Waals surface area contributed by atoms with Gasteiger partial charge in [-0.05, 0) is 79.1 Å². The van der Waals surface area contributed by atoms with Crippen LogP contribution in [-0.2, 0) is 20.7 Å². The zero-order valence-electron chi connectivity index (χ0n) is 19.3. The molecule has 1 aliphatic carbocycles. The van der Waals surface area contributed by atoms with Gasteiger partial charge in [-0.25, -0.2) is 9.59 Å². The van der Waals surface area contributed by atoms with E-state index in [1.165, 1.54) is 18.9 Å². The number of nitrogen functional groups attached to an aromatic ring is 2. The van der Waals surface area contributed by atoms with Crippen LogP contribution in [-0.4, -0.2) is 24.6 Å². The van der Waals surface area contributed by atoms with Crippen molar-refractivity contribution in [3.8, 4) is 0 Å². The van der Waals surface area contributed by atoms with Crippen molar-refractivity contribution in [1.82, 2.24) is 0 Å². The van der Waals surface area contributed by atoms with Gasteiger partial charge < -0.3 is 20.9 Å². The topological polar surface area (TPSA) is 105 Å². The Labute approximate surface area is 195 Å². The van der Waals surface area contributed by atoms with Crippen molar-refractivity contribution in [2.45, 2.75) is 58.0 Å². The molecular weight excluding hydrogens is 416 g/mol. The minimum Gasteiger partial charge on any atom is -0.462 e. The van der Waals surface area contributed by atoms with Crippen molar-refractivity contribution in [3.63, 3.8) is 0 Å². The van der Waals surface area contributed by atoms with Gasteiger partial charge in [-0.15, -0.1) is 0 Å². The third kappa shape index (κ3) is 7.67. The van der Waals surface area contributed by atoms with E-state index in [4.69, 9.17) is 20.9 Å². The van der Waals surface area contributed by atoms with Crippen molar-refractivity contribution in [1.29, 1.82) is 0 Å². The van der Waals surface area contributed by atoms with Gasteiger partial charge in [0.1, 0.15) is 6.10 Å². The average Bonchev–Trinajstić information content (AvgIpc) is 2.81. The monoisotopic (exact) mass is 450 g/mol. The van der Waals surface area contributed by atoms with Gasteiger partial charge in [0.05, 0.1) is 12.2 Å². The Morgan fingerprint density at radius 2 is 1.76 bits per heavy atom. The third-order valence-electron chi connectivity index (χ3n) is 6.11. The van der Waals surface area contributed by atoms with E-state index in [1.54, 1.807) is 48.5 Å². The van der Waals surface area contributed by atoms with Gasteiger partial charge in [-0.2, -0.15) is 0 Å². The van der Waals surface area contributed by atoms with Crippen molar-refractivity contribution in [3.05, 3.63) is 65.2 Å². The first-order valence-corrected chi connectivity index (χ1v) is 11.7. The predicted molar refractivity (Wildman–Crippen MR) is 131 cm³/mol. The van der Waals surface area contributed by atoms with Crippen LogP contribution in [0.3, 0.4) is 0 Å². The molecule has 0 spiro atoms. The lowest BCUT2D eigenvalue weighted by Crippen LogP contribution is -2.24. The van der Waals surface area contributed by atoms with Crippen LogP contribution in [0, 0.1) is 5.92 Å². The van der Waals surface area contributed by atoms with Gasteiger partial charge in [0.15, 0.2) is 0 Å². The van der Waals surface area contributed by atoms with Crippen molar-refractivity contribution >= 4 is 29.4 Å². The van der Waals surface area contributed by atoms with E-state index in [9.17, 15) is 9.59 Å². The predicted octanol–water partition coefficient (Wildman–Crippen LogP) is 5.17. The fourth-order valence-corrected chi connectivity index (χ4v) is 4.21. The fourth-order valence-electron chi connectivity index (χ4n) is 4.21. The molecule has 2 aromatic carbocycles. The standard InChI is InChI=1S/C27H34N2O4/c1-2-3-19-6-12-24(13-7-19)33-27(31)21-9-4-20(5-10-21)8-15-26(30)32-17-16-22-18-23(28)11-14-25(22)29/h4-5,8-11,14-15,18-19,24H,2-3,6-7,12-13,16-17,28-29H2,1H3. The van der Waals surface area contributed by atoms with E-state index >= 15 is 0 Å². The number of esters is 2. The summed E-state index contributed by atoms with van der Waals surface area (Å²) in [6.07, 6.45) is 10.2. The van der Waals surface area contributed by atoms with Gasteiger partial charge >= 0.3 is 11.9 Å². The maximum absolute atomic E-state index is 12.4. The lowest BCUT2D eigenvalue weighted by molar-refractivity contribution is -0.137. The lowest BCUT2D eigenvalue weighted by Gasteiger charge is -2.28. The van der Waals surface area contributed by atoms with Crippen LogP contribution in [0.5, 0.6) is 0 Å².